The average Bonchev–Trinajstić information content (AvgIpc) is 2.80. The van der Waals surface area contributed by atoms with Crippen molar-refractivity contribution in [1.29, 1.82) is 0 Å². The summed E-state index contributed by atoms with van der Waals surface area (Å²) in [4.78, 5) is 15.2. The van der Waals surface area contributed by atoms with Crippen LogP contribution >= 0.6 is 0 Å². The van der Waals surface area contributed by atoms with Crippen molar-refractivity contribution in [3.8, 4) is 0 Å². The summed E-state index contributed by atoms with van der Waals surface area (Å²) >= 11 is 0. The smallest absolute Gasteiger partial charge is 0.255 e. The number of sulfonamides is 1. The highest BCUT2D eigenvalue weighted by Crippen LogP contribution is 2.21. The Hall–Kier alpha value is -3.00. The maximum atomic E-state index is 12.6. The molecule has 3 aromatic carbocycles. The first-order chi connectivity index (χ1) is 15.4. The predicted octanol–water partition coefficient (Wildman–Crippen LogP) is 3.80. The van der Waals surface area contributed by atoms with Crippen LogP contribution < -0.4 is 10.0 Å². The maximum absolute atomic E-state index is 12.6. The first-order valence-corrected chi connectivity index (χ1v) is 12.2. The number of hydrogen-bond acceptors (Lipinski definition) is 4. The van der Waals surface area contributed by atoms with E-state index in [2.05, 4.69) is 39.2 Å². The molecule has 1 aliphatic heterocycles. The zero-order valence-corrected chi connectivity index (χ0v) is 18.9. The second-order valence-corrected chi connectivity index (χ2v) is 9.67. The molecule has 0 spiro atoms. The fourth-order valence-corrected chi connectivity index (χ4v) is 4.94. The average molecular weight is 450 g/mol. The summed E-state index contributed by atoms with van der Waals surface area (Å²) in [6, 6.07) is 22.3. The molecule has 6 nitrogen and oxygen atoms in total. The lowest BCUT2D eigenvalue weighted by Crippen LogP contribution is -2.29. The third kappa shape index (κ3) is 5.24. The Morgan fingerprint density at radius 1 is 0.938 bits per heavy atom. The highest BCUT2D eigenvalue weighted by Gasteiger charge is 2.16. The van der Waals surface area contributed by atoms with Crippen LogP contribution in [0.15, 0.2) is 77.7 Å². The quantitative estimate of drug-likeness (QED) is 0.575. The summed E-state index contributed by atoms with van der Waals surface area (Å²) in [5.74, 6) is -0.231. The first-order valence-electron chi connectivity index (χ1n) is 10.7. The van der Waals surface area contributed by atoms with Gasteiger partial charge in [-0.2, -0.15) is 0 Å². The maximum Gasteiger partial charge on any atom is 0.255 e. The molecular formula is C25H27N3O3S. The lowest BCUT2D eigenvalue weighted by Gasteiger charge is -2.28. The Bertz CT molecular complexity index is 1190. The molecule has 0 unspecified atom stereocenters. The van der Waals surface area contributed by atoms with Crippen molar-refractivity contribution in [1.82, 2.24) is 9.62 Å². The molecular weight excluding hydrogens is 422 g/mol. The number of rotatable bonds is 7. The van der Waals surface area contributed by atoms with Crippen LogP contribution in [0.4, 0.5) is 5.69 Å². The summed E-state index contributed by atoms with van der Waals surface area (Å²) in [7, 11) is -3.51. The fourth-order valence-electron chi connectivity index (χ4n) is 3.90. The van der Waals surface area contributed by atoms with E-state index < -0.39 is 10.0 Å². The van der Waals surface area contributed by atoms with Gasteiger partial charge >= 0.3 is 0 Å². The van der Waals surface area contributed by atoms with Crippen LogP contribution in [0.1, 0.15) is 34.0 Å². The molecule has 4 rings (SSSR count). The molecule has 1 aliphatic rings. The van der Waals surface area contributed by atoms with Crippen LogP contribution in [-0.4, -0.2) is 32.3 Å². The highest BCUT2D eigenvalue weighted by molar-refractivity contribution is 7.89. The van der Waals surface area contributed by atoms with Crippen molar-refractivity contribution in [3.63, 3.8) is 0 Å². The Balaban J connectivity index is 1.35. The molecule has 166 valence electrons. The Morgan fingerprint density at radius 2 is 1.62 bits per heavy atom. The van der Waals surface area contributed by atoms with Gasteiger partial charge in [0, 0.05) is 37.4 Å². The Kier molecular flexibility index (Phi) is 6.69. The van der Waals surface area contributed by atoms with Crippen LogP contribution in [0.3, 0.4) is 0 Å². The number of benzene rings is 3. The molecule has 1 heterocycles. The van der Waals surface area contributed by atoms with E-state index in [0.29, 0.717) is 17.8 Å². The SMILES string of the molecule is CCNS(=O)(=O)c1ccc(NC(=O)c2ccc(CN3CCc4ccccc4C3)cc2)cc1. The van der Waals surface area contributed by atoms with Gasteiger partial charge in [-0.1, -0.05) is 43.3 Å². The van der Waals surface area contributed by atoms with Crippen molar-refractivity contribution in [2.75, 3.05) is 18.4 Å². The molecule has 32 heavy (non-hydrogen) atoms. The molecule has 0 bridgehead atoms. The Morgan fingerprint density at radius 3 is 2.31 bits per heavy atom. The molecule has 0 fully saturated rings. The van der Waals surface area contributed by atoms with Gasteiger partial charge in [-0.25, -0.2) is 13.1 Å². The number of nitrogens with zero attached hydrogens (tertiary/aromatic N) is 1. The molecule has 7 heteroatoms. The third-order valence-electron chi connectivity index (χ3n) is 5.59. The van der Waals surface area contributed by atoms with Gasteiger partial charge in [-0.3, -0.25) is 9.69 Å². The molecule has 0 atom stereocenters. The van der Waals surface area contributed by atoms with Gasteiger partial charge in [0.1, 0.15) is 0 Å². The molecule has 3 aromatic rings. The van der Waals surface area contributed by atoms with Gasteiger partial charge in [0.2, 0.25) is 10.0 Å². The first kappa shape index (κ1) is 22.2. The molecule has 0 aliphatic carbocycles. The molecule has 1 amide bonds. The van der Waals surface area contributed by atoms with E-state index in [4.69, 9.17) is 0 Å². The zero-order valence-electron chi connectivity index (χ0n) is 18.0. The van der Waals surface area contributed by atoms with Crippen molar-refractivity contribution < 1.29 is 13.2 Å². The second-order valence-electron chi connectivity index (χ2n) is 7.91. The van der Waals surface area contributed by atoms with E-state index in [1.54, 1.807) is 19.1 Å². The van der Waals surface area contributed by atoms with E-state index in [9.17, 15) is 13.2 Å². The number of carbonyl (C=O) groups is 1. The summed E-state index contributed by atoms with van der Waals surface area (Å²) < 4.78 is 26.5. The van der Waals surface area contributed by atoms with E-state index in [-0.39, 0.29) is 10.8 Å². The minimum absolute atomic E-state index is 0.169. The topological polar surface area (TPSA) is 78.5 Å². The van der Waals surface area contributed by atoms with Crippen molar-refractivity contribution in [3.05, 3.63) is 95.1 Å². The number of hydrogen-bond donors (Lipinski definition) is 2. The van der Waals surface area contributed by atoms with Crippen LogP contribution in [0.5, 0.6) is 0 Å². The summed E-state index contributed by atoms with van der Waals surface area (Å²) in [5.41, 5.74) is 5.09. The van der Waals surface area contributed by atoms with Crippen LogP contribution in [0.25, 0.3) is 0 Å². The minimum Gasteiger partial charge on any atom is -0.322 e. The summed E-state index contributed by atoms with van der Waals surface area (Å²) in [5, 5.41) is 2.82. The summed E-state index contributed by atoms with van der Waals surface area (Å²) in [6.45, 7) is 4.86. The van der Waals surface area contributed by atoms with Gasteiger partial charge < -0.3 is 5.32 Å². The predicted molar refractivity (Wildman–Crippen MR) is 126 cm³/mol. The number of anilines is 1. The van der Waals surface area contributed by atoms with Gasteiger partial charge in [0.05, 0.1) is 4.90 Å². The number of fused-ring (bicyclic) bond motifs is 1. The van der Waals surface area contributed by atoms with E-state index >= 15 is 0 Å². The van der Waals surface area contributed by atoms with Gasteiger partial charge in [-0.05, 0) is 59.5 Å². The number of carbonyl (C=O) groups excluding carboxylic acids is 1. The van der Waals surface area contributed by atoms with Crippen LogP contribution in [-0.2, 0) is 29.5 Å². The van der Waals surface area contributed by atoms with E-state index in [1.807, 2.05) is 24.3 Å². The lowest BCUT2D eigenvalue weighted by atomic mass is 9.99. The molecule has 2 N–H and O–H groups in total. The Labute approximate surface area is 189 Å². The third-order valence-corrected chi connectivity index (χ3v) is 7.15. The lowest BCUT2D eigenvalue weighted by molar-refractivity contribution is 0.102. The standard InChI is InChI=1S/C25H27N3O3S/c1-2-26-32(30,31)24-13-11-23(12-14-24)27-25(29)21-9-7-19(8-10-21)17-28-16-15-20-5-3-4-6-22(20)18-28/h3-14,26H,2,15-18H2,1H3,(H,27,29). The summed E-state index contributed by atoms with van der Waals surface area (Å²) in [6.07, 6.45) is 1.06. The number of amides is 1. The largest absolute Gasteiger partial charge is 0.322 e. The van der Waals surface area contributed by atoms with Crippen molar-refractivity contribution in [2.24, 2.45) is 0 Å². The van der Waals surface area contributed by atoms with E-state index in [0.717, 1.165) is 26.1 Å². The number of nitrogens with one attached hydrogen (secondary N) is 2. The minimum atomic E-state index is -3.51. The second kappa shape index (κ2) is 9.65. The van der Waals surface area contributed by atoms with Crippen molar-refractivity contribution >= 4 is 21.6 Å². The normalized spacial score (nSPS) is 14.0. The van der Waals surface area contributed by atoms with Crippen LogP contribution in [0, 0.1) is 0 Å². The fraction of sp³-hybridized carbons (Fsp3) is 0.240. The van der Waals surface area contributed by atoms with Gasteiger partial charge in [0.25, 0.3) is 5.91 Å². The monoisotopic (exact) mass is 449 g/mol. The molecule has 0 aromatic heterocycles. The zero-order chi connectivity index (χ0) is 22.6. The van der Waals surface area contributed by atoms with Gasteiger partial charge in [-0.15, -0.1) is 0 Å². The van der Waals surface area contributed by atoms with Gasteiger partial charge in [0.15, 0.2) is 0 Å². The van der Waals surface area contributed by atoms with E-state index in [1.165, 1.54) is 28.8 Å². The molecule has 0 radical (unpaired) electrons. The highest BCUT2D eigenvalue weighted by atomic mass is 32.2. The van der Waals surface area contributed by atoms with Crippen LogP contribution in [0.2, 0.25) is 0 Å². The molecule has 0 saturated heterocycles. The molecule has 0 saturated carbocycles. The van der Waals surface area contributed by atoms with Crippen molar-refractivity contribution in [2.45, 2.75) is 31.3 Å².